The fraction of sp³-hybridized carbons (Fsp3) is 0.182. The molecule has 0 saturated heterocycles. The summed E-state index contributed by atoms with van der Waals surface area (Å²) < 4.78 is 4.98. The highest BCUT2D eigenvalue weighted by molar-refractivity contribution is 5.67. The molecule has 2 aromatic rings. The van der Waals surface area contributed by atoms with Gasteiger partial charge >= 0.3 is 5.97 Å². The number of pyridine rings is 1. The SMILES string of the molecule is O=C(O)CCc1cc(-c2ccc(O)cn2)no1. The molecule has 2 aromatic heterocycles. The zero-order valence-electron chi connectivity index (χ0n) is 8.83. The highest BCUT2D eigenvalue weighted by atomic mass is 16.5. The van der Waals surface area contributed by atoms with Crippen LogP contribution >= 0.6 is 0 Å². The number of aryl methyl sites for hydroxylation is 1. The molecule has 0 saturated carbocycles. The van der Waals surface area contributed by atoms with Crippen LogP contribution in [0, 0.1) is 0 Å². The molecule has 2 heterocycles. The van der Waals surface area contributed by atoms with Crippen LogP contribution in [0.15, 0.2) is 28.9 Å². The molecule has 0 fully saturated rings. The number of aromatic nitrogens is 2. The minimum atomic E-state index is -0.884. The van der Waals surface area contributed by atoms with E-state index >= 15 is 0 Å². The summed E-state index contributed by atoms with van der Waals surface area (Å²) in [6, 6.07) is 4.74. The summed E-state index contributed by atoms with van der Waals surface area (Å²) in [6.45, 7) is 0. The first-order chi connectivity index (χ1) is 8.15. The molecule has 0 unspecified atom stereocenters. The Morgan fingerprint density at radius 1 is 1.35 bits per heavy atom. The van der Waals surface area contributed by atoms with Crippen LogP contribution in [-0.4, -0.2) is 26.3 Å². The molecule has 0 aromatic carbocycles. The second-order valence-corrected chi connectivity index (χ2v) is 3.47. The van der Waals surface area contributed by atoms with Crippen molar-refractivity contribution in [3.63, 3.8) is 0 Å². The second kappa shape index (κ2) is 4.65. The smallest absolute Gasteiger partial charge is 0.303 e. The average molecular weight is 234 g/mol. The van der Waals surface area contributed by atoms with Gasteiger partial charge in [0.25, 0.3) is 0 Å². The normalized spacial score (nSPS) is 10.4. The van der Waals surface area contributed by atoms with E-state index in [0.717, 1.165) is 0 Å². The molecule has 0 atom stereocenters. The molecule has 6 heteroatoms. The van der Waals surface area contributed by atoms with Crippen LogP contribution < -0.4 is 0 Å². The van der Waals surface area contributed by atoms with Crippen LogP contribution in [0.25, 0.3) is 11.4 Å². The van der Waals surface area contributed by atoms with Gasteiger partial charge in [-0.05, 0) is 12.1 Å². The van der Waals surface area contributed by atoms with Crippen LogP contribution in [0.3, 0.4) is 0 Å². The lowest BCUT2D eigenvalue weighted by Gasteiger charge is -1.93. The molecule has 0 aliphatic heterocycles. The van der Waals surface area contributed by atoms with E-state index in [9.17, 15) is 4.79 Å². The van der Waals surface area contributed by atoms with Crippen molar-refractivity contribution in [1.29, 1.82) is 0 Å². The van der Waals surface area contributed by atoms with Gasteiger partial charge in [-0.1, -0.05) is 5.16 Å². The Morgan fingerprint density at radius 2 is 2.18 bits per heavy atom. The average Bonchev–Trinajstić information content (AvgIpc) is 2.76. The molecular formula is C11H10N2O4. The van der Waals surface area contributed by atoms with Crippen molar-refractivity contribution >= 4 is 5.97 Å². The maximum atomic E-state index is 10.4. The van der Waals surface area contributed by atoms with Crippen LogP contribution in [0.1, 0.15) is 12.2 Å². The number of rotatable bonds is 4. The fourth-order valence-electron chi connectivity index (χ4n) is 1.32. The monoisotopic (exact) mass is 234 g/mol. The van der Waals surface area contributed by atoms with Gasteiger partial charge in [-0.15, -0.1) is 0 Å². The second-order valence-electron chi connectivity index (χ2n) is 3.47. The van der Waals surface area contributed by atoms with Gasteiger partial charge in [0, 0.05) is 12.5 Å². The number of hydrogen-bond donors (Lipinski definition) is 2. The zero-order chi connectivity index (χ0) is 12.3. The third-order valence-corrected chi connectivity index (χ3v) is 2.15. The van der Waals surface area contributed by atoms with E-state index in [-0.39, 0.29) is 12.2 Å². The van der Waals surface area contributed by atoms with Crippen molar-refractivity contribution in [2.45, 2.75) is 12.8 Å². The lowest BCUT2D eigenvalue weighted by Crippen LogP contribution is -1.96. The van der Waals surface area contributed by atoms with Crippen molar-refractivity contribution < 1.29 is 19.5 Å². The number of hydrogen-bond acceptors (Lipinski definition) is 5. The number of carbonyl (C=O) groups is 1. The molecule has 2 rings (SSSR count). The van der Waals surface area contributed by atoms with Gasteiger partial charge in [-0.2, -0.15) is 0 Å². The lowest BCUT2D eigenvalue weighted by atomic mass is 10.2. The van der Waals surface area contributed by atoms with E-state index in [1.54, 1.807) is 12.1 Å². The Morgan fingerprint density at radius 3 is 2.82 bits per heavy atom. The lowest BCUT2D eigenvalue weighted by molar-refractivity contribution is -0.137. The van der Waals surface area contributed by atoms with Crippen molar-refractivity contribution in [3.05, 3.63) is 30.2 Å². The first-order valence-corrected chi connectivity index (χ1v) is 4.98. The third kappa shape index (κ3) is 2.81. The maximum absolute atomic E-state index is 10.4. The molecule has 17 heavy (non-hydrogen) atoms. The first-order valence-electron chi connectivity index (χ1n) is 4.98. The number of carboxylic acid groups (broad SMARTS) is 1. The standard InChI is InChI=1S/C11H10N2O4/c14-7-1-3-9(12-6-7)10-5-8(17-13-10)2-4-11(15)16/h1,3,5-6,14H,2,4H2,(H,15,16). The number of nitrogens with zero attached hydrogens (tertiary/aromatic N) is 2. The predicted molar refractivity (Wildman–Crippen MR) is 57.4 cm³/mol. The Balaban J connectivity index is 2.12. The number of carboxylic acids is 1. The predicted octanol–water partition coefficient (Wildman–Crippen LogP) is 1.46. The van der Waals surface area contributed by atoms with E-state index in [1.807, 2.05) is 0 Å². The summed E-state index contributed by atoms with van der Waals surface area (Å²) in [5.74, 6) is -0.314. The maximum Gasteiger partial charge on any atom is 0.303 e. The molecule has 0 aliphatic rings. The largest absolute Gasteiger partial charge is 0.506 e. The van der Waals surface area contributed by atoms with E-state index in [2.05, 4.69) is 10.1 Å². The first kappa shape index (κ1) is 11.1. The minimum Gasteiger partial charge on any atom is -0.506 e. The molecule has 0 spiro atoms. The molecule has 0 bridgehead atoms. The van der Waals surface area contributed by atoms with Gasteiger partial charge in [0.15, 0.2) is 0 Å². The Kier molecular flexibility index (Phi) is 3.04. The van der Waals surface area contributed by atoms with Crippen molar-refractivity contribution in [2.75, 3.05) is 0 Å². The van der Waals surface area contributed by atoms with Crippen LogP contribution in [0.2, 0.25) is 0 Å². The minimum absolute atomic E-state index is 0.00234. The Hall–Kier alpha value is -2.37. The molecule has 0 radical (unpaired) electrons. The van der Waals surface area contributed by atoms with Gasteiger partial charge in [0.1, 0.15) is 17.2 Å². The summed E-state index contributed by atoms with van der Waals surface area (Å²) in [5, 5.41) is 21.4. The van der Waals surface area contributed by atoms with Gasteiger partial charge in [0.2, 0.25) is 0 Å². The highest BCUT2D eigenvalue weighted by Crippen LogP contribution is 2.19. The summed E-state index contributed by atoms with van der Waals surface area (Å²) in [5.41, 5.74) is 1.08. The number of aliphatic carboxylic acids is 1. The summed E-state index contributed by atoms with van der Waals surface area (Å²) >= 11 is 0. The van der Waals surface area contributed by atoms with E-state index in [1.165, 1.54) is 12.3 Å². The van der Waals surface area contributed by atoms with Crippen LogP contribution in [0.4, 0.5) is 0 Å². The van der Waals surface area contributed by atoms with E-state index in [0.29, 0.717) is 23.6 Å². The van der Waals surface area contributed by atoms with Crippen molar-refractivity contribution in [3.8, 4) is 17.1 Å². The highest BCUT2D eigenvalue weighted by Gasteiger charge is 2.09. The molecule has 0 aliphatic carbocycles. The van der Waals surface area contributed by atoms with Crippen LogP contribution in [-0.2, 0) is 11.2 Å². The van der Waals surface area contributed by atoms with Gasteiger partial charge in [-0.25, -0.2) is 0 Å². The van der Waals surface area contributed by atoms with Crippen LogP contribution in [0.5, 0.6) is 5.75 Å². The fourth-order valence-corrected chi connectivity index (χ4v) is 1.32. The summed E-state index contributed by atoms with van der Waals surface area (Å²) in [4.78, 5) is 14.4. The molecular weight excluding hydrogens is 224 g/mol. The Bertz CT molecular complexity index is 519. The van der Waals surface area contributed by atoms with Gasteiger partial charge in [-0.3, -0.25) is 9.78 Å². The quantitative estimate of drug-likeness (QED) is 0.831. The van der Waals surface area contributed by atoms with E-state index in [4.69, 9.17) is 14.7 Å². The molecule has 88 valence electrons. The molecule has 2 N–H and O–H groups in total. The Labute approximate surface area is 96.5 Å². The van der Waals surface area contributed by atoms with Gasteiger partial charge < -0.3 is 14.7 Å². The van der Waals surface area contributed by atoms with E-state index < -0.39 is 5.97 Å². The molecule has 6 nitrogen and oxygen atoms in total. The number of aromatic hydroxyl groups is 1. The van der Waals surface area contributed by atoms with Crippen molar-refractivity contribution in [2.24, 2.45) is 0 Å². The third-order valence-electron chi connectivity index (χ3n) is 2.15. The summed E-state index contributed by atoms with van der Waals surface area (Å²) in [6.07, 6.45) is 1.60. The van der Waals surface area contributed by atoms with Crippen molar-refractivity contribution in [1.82, 2.24) is 10.1 Å². The van der Waals surface area contributed by atoms with Gasteiger partial charge in [0.05, 0.1) is 18.3 Å². The molecule has 0 amide bonds. The summed E-state index contributed by atoms with van der Waals surface area (Å²) in [7, 11) is 0. The zero-order valence-corrected chi connectivity index (χ0v) is 8.83. The topological polar surface area (TPSA) is 96.5 Å².